The number of pyridine rings is 4. The van der Waals surface area contributed by atoms with E-state index in [0.29, 0.717) is 116 Å². The summed E-state index contributed by atoms with van der Waals surface area (Å²) in [7, 11) is 5.10. The first-order chi connectivity index (χ1) is 66.8. The van der Waals surface area contributed by atoms with Crippen LogP contribution >= 0.6 is 45.3 Å². The monoisotopic (exact) mass is 1950 g/mol. The number of hydrogen-bond acceptors (Lipinski definition) is 34. The molecule has 710 valence electrons. The molecular formula is C92H96FN25O14S5. The number of piperazine rings is 4. The number of amides is 7. The van der Waals surface area contributed by atoms with Gasteiger partial charge in [0.25, 0.3) is 41.4 Å². The summed E-state index contributed by atoms with van der Waals surface area (Å²) in [4.78, 5) is 152. The summed E-state index contributed by atoms with van der Waals surface area (Å²) in [6.07, 6.45) is 15.0. The van der Waals surface area contributed by atoms with Crippen molar-refractivity contribution in [2.24, 2.45) is 7.05 Å². The van der Waals surface area contributed by atoms with E-state index in [0.717, 1.165) is 161 Å². The van der Waals surface area contributed by atoms with Gasteiger partial charge in [-0.05, 0) is 83.4 Å². The number of nitrogens with zero attached hydrogens (tertiary/aromatic N) is 17. The van der Waals surface area contributed by atoms with Gasteiger partial charge < -0.3 is 85.8 Å². The Morgan fingerprint density at radius 3 is 1.20 bits per heavy atom. The molecule has 39 nitrogen and oxygen atoms in total. The predicted molar refractivity (Wildman–Crippen MR) is 524 cm³/mol. The second kappa shape index (κ2) is 43.8. The van der Waals surface area contributed by atoms with Crippen molar-refractivity contribution in [2.45, 2.75) is 24.5 Å². The molecule has 7 aliphatic rings. The average Bonchev–Trinajstić information content (AvgIpc) is 1.61. The Kier molecular flexibility index (Phi) is 30.3. The largest absolute Gasteiger partial charge is 0.494 e. The smallest absolute Gasteiger partial charge is 0.335 e. The Labute approximate surface area is 803 Å². The molecule has 1 atom stereocenters. The summed E-state index contributed by atoms with van der Waals surface area (Å²) in [5, 5.41) is 33.2. The number of thiazole rings is 4. The number of carbonyl (C=O) groups excluding carboxylic acids is 7. The van der Waals surface area contributed by atoms with E-state index in [1.54, 1.807) is 137 Å². The lowest BCUT2D eigenvalue weighted by Gasteiger charge is -2.30. The van der Waals surface area contributed by atoms with Gasteiger partial charge in [0.2, 0.25) is 0 Å². The van der Waals surface area contributed by atoms with Crippen LogP contribution in [0.2, 0.25) is 0 Å². The minimum Gasteiger partial charge on any atom is -0.494 e. The molecular weight excluding hydrogens is 1860 g/mol. The van der Waals surface area contributed by atoms with E-state index < -0.39 is 28.4 Å². The van der Waals surface area contributed by atoms with E-state index in [-0.39, 0.29) is 75.9 Å². The highest BCUT2D eigenvalue weighted by Crippen LogP contribution is 2.41. The van der Waals surface area contributed by atoms with Gasteiger partial charge in [-0.2, -0.15) is 0 Å². The number of rotatable bonds is 26. The Morgan fingerprint density at radius 1 is 0.431 bits per heavy atom. The maximum atomic E-state index is 14.6. The van der Waals surface area contributed by atoms with Gasteiger partial charge in [0.15, 0.2) is 43.6 Å². The number of halogens is 1. The molecule has 7 aliphatic heterocycles. The number of hydrogen-bond donors (Lipinski definition) is 8. The Morgan fingerprint density at radius 2 is 0.796 bits per heavy atom. The molecule has 7 amide bonds. The van der Waals surface area contributed by atoms with Gasteiger partial charge in [0.1, 0.15) is 36.0 Å². The Hall–Kier alpha value is -14.0. The van der Waals surface area contributed by atoms with Crippen molar-refractivity contribution < 1.29 is 65.8 Å². The van der Waals surface area contributed by atoms with Crippen molar-refractivity contribution in [3.63, 3.8) is 0 Å². The molecule has 4 fully saturated rings. The lowest BCUT2D eigenvalue weighted by atomic mass is 10.1. The number of imidazole rings is 1. The van der Waals surface area contributed by atoms with Gasteiger partial charge in [-0.3, -0.25) is 77.0 Å². The van der Waals surface area contributed by atoms with Crippen molar-refractivity contribution in [1.29, 1.82) is 0 Å². The summed E-state index contributed by atoms with van der Waals surface area (Å²) >= 11 is 4.89. The van der Waals surface area contributed by atoms with Crippen LogP contribution in [0.5, 0.6) is 17.2 Å². The molecule has 8 N–H and O–H groups in total. The molecule has 0 spiro atoms. The van der Waals surface area contributed by atoms with Crippen LogP contribution in [0.4, 0.5) is 65.3 Å². The fraction of sp³-hybridized carbons (Fsp3) is 0.304. The Bertz CT molecular complexity index is 6720. The van der Waals surface area contributed by atoms with Crippen molar-refractivity contribution >= 4 is 169 Å². The van der Waals surface area contributed by atoms with Gasteiger partial charge in [0.05, 0.1) is 127 Å². The van der Waals surface area contributed by atoms with Crippen LogP contribution in [0.25, 0.3) is 16.2 Å². The summed E-state index contributed by atoms with van der Waals surface area (Å²) in [5.74, 6) is -2.07. The normalized spacial score (nSPS) is 15.3. The summed E-state index contributed by atoms with van der Waals surface area (Å²) in [5.41, 5.74) is 11.6. The molecule has 1 unspecified atom stereocenters. The number of para-hydroxylation sites is 2. The number of aryl methyl sites for hydroxylation is 1. The third-order valence-electron chi connectivity index (χ3n) is 23.2. The van der Waals surface area contributed by atoms with Crippen molar-refractivity contribution in [3.05, 3.63) is 235 Å². The van der Waals surface area contributed by atoms with Crippen LogP contribution in [0.15, 0.2) is 172 Å². The van der Waals surface area contributed by atoms with E-state index in [1.807, 2.05) is 60.7 Å². The zero-order valence-corrected chi connectivity index (χ0v) is 79.2. The molecule has 0 aliphatic carbocycles. The molecule has 0 saturated carbocycles. The van der Waals surface area contributed by atoms with Gasteiger partial charge >= 0.3 is 5.69 Å². The molecule has 137 heavy (non-hydrogen) atoms. The fourth-order valence-electron chi connectivity index (χ4n) is 16.3. The van der Waals surface area contributed by atoms with Crippen LogP contribution in [0.1, 0.15) is 89.7 Å². The number of fused-ring (bicyclic) bond motifs is 4. The van der Waals surface area contributed by atoms with E-state index in [2.05, 4.69) is 102 Å². The average molecular weight is 1960 g/mol. The van der Waals surface area contributed by atoms with E-state index in [9.17, 15) is 47.0 Å². The predicted octanol–water partition coefficient (Wildman–Crippen LogP) is 8.86. The highest BCUT2D eigenvalue weighted by Gasteiger charge is 2.38. The van der Waals surface area contributed by atoms with Crippen molar-refractivity contribution in [1.82, 2.24) is 70.3 Å². The van der Waals surface area contributed by atoms with Gasteiger partial charge in [-0.1, -0.05) is 24.3 Å². The first kappa shape index (κ1) is 94.8. The SMILES string of the molecule is COCCOc1cc2c(cc1OCCOC)C(=O)N(c1nc(C(=O)Nc3cnccc3N3CCNCC3)cs1)C2.COc1ccc2c(c1F)C(=O)N(c1nc(C(=O)Nc3cnccc3N3CCNCC3)cs1)C2.CS(=O)c1ccc2c(c1)C(=O)N(c1nc(C(=O)Nc3cnccc3N3CCNCC3)cs1)C2.Cn1c(=O)n(-c2nc(C(=O)Nc3cnccc3N3CCNCC3)cs2)c2ccccc21. The number of anilines is 11. The van der Waals surface area contributed by atoms with E-state index >= 15 is 0 Å². The van der Waals surface area contributed by atoms with Crippen LogP contribution in [0.3, 0.4) is 0 Å². The number of ether oxygens (including phenoxy) is 5. The number of methoxy groups -OCH3 is 3. The quantitative estimate of drug-likeness (QED) is 0.0234. The summed E-state index contributed by atoms with van der Waals surface area (Å²) in [6.45, 7) is 16.1. The van der Waals surface area contributed by atoms with Crippen LogP contribution in [-0.2, 0) is 47.0 Å². The first-order valence-corrected chi connectivity index (χ1v) is 48.9. The topological polar surface area (TPSA) is 432 Å². The fourth-order valence-corrected chi connectivity index (χ4v) is 20.0. The third kappa shape index (κ3) is 21.3. The second-order valence-electron chi connectivity index (χ2n) is 31.8. The summed E-state index contributed by atoms with van der Waals surface area (Å²) < 4.78 is 56.3. The number of benzene rings is 4. The van der Waals surface area contributed by atoms with Gasteiger partial charge in [-0.15, -0.1) is 45.3 Å². The van der Waals surface area contributed by atoms with Crippen LogP contribution < -0.4 is 96.7 Å². The molecule has 4 aromatic carbocycles. The maximum Gasteiger partial charge on any atom is 0.335 e. The highest BCUT2D eigenvalue weighted by atomic mass is 32.2. The minimum absolute atomic E-state index is 0.0138. The number of carbonyl (C=O) groups is 7. The maximum absolute atomic E-state index is 14.6. The third-order valence-corrected chi connectivity index (χ3v) is 27.6. The minimum atomic E-state index is -1.17. The molecule has 0 radical (unpaired) electrons. The van der Waals surface area contributed by atoms with Gasteiger partial charge in [0, 0.05) is 205 Å². The highest BCUT2D eigenvalue weighted by molar-refractivity contribution is 7.84. The first-order valence-electron chi connectivity index (χ1n) is 43.8. The standard InChI is InChI=1S/C27H32N6O6S.C22H21FN6O3S.C22H22N6O3S2.C21H21N7O2S/c1-36-9-11-38-23-13-18-16-33(26(35)19(18)14-24(23)39-12-10-37-2)27-31-21(17-40-27)25(34)30-20-15-29-4-3-22(20)32-7-5-28-6-8-32;1-32-17-3-2-13-11-29(21(31)18(13)19(17)23)22-27-15(12-33-22)20(30)26-14-10-25-5-4-16(14)28-8-6-24-7-9-28;1-33(31)15-3-2-14-12-28(21(30)16(14)10-15)22-26-18(13-32-22)20(29)25-17-11-24-5-4-19(17)27-8-6-23-7-9-27;1-26-17-4-2-3-5-18(17)28(21(26)30)20-25-15(13-31-20)19(29)24-14-12-23-7-6-16(14)27-10-8-22-9-11-27/h3-4,13-15,17,28H,5-12,16H2,1-2H3,(H,30,34);2-5,10,12,24H,6-9,11H2,1H3,(H,26,30);2-5,10-11,13,23H,6-9,12H2,1H3,(H,25,29);2-7,12-13,22H,8-11H2,1H3,(H,24,29). The van der Waals surface area contributed by atoms with Crippen LogP contribution in [0, 0.1) is 5.82 Å². The van der Waals surface area contributed by atoms with E-state index in [1.165, 1.54) is 56.7 Å². The molecule has 0 bridgehead atoms. The molecule has 9 aromatic heterocycles. The van der Waals surface area contributed by atoms with Crippen LogP contribution in [-0.4, -0.2) is 253 Å². The molecule has 16 heterocycles. The lowest BCUT2D eigenvalue weighted by molar-refractivity contribution is 0.0985. The van der Waals surface area contributed by atoms with Crippen molar-refractivity contribution in [2.75, 3.05) is 214 Å². The summed E-state index contributed by atoms with van der Waals surface area (Å²) in [6, 6.07) is 27.0. The molecule has 20 rings (SSSR count). The van der Waals surface area contributed by atoms with Crippen molar-refractivity contribution in [3.8, 4) is 22.4 Å². The second-order valence-corrected chi connectivity index (χ2v) is 36.5. The number of nitrogens with one attached hydrogen (secondary N) is 8. The number of aromatic nitrogens is 10. The zero-order chi connectivity index (χ0) is 95.2. The molecule has 45 heteroatoms. The van der Waals surface area contributed by atoms with E-state index in [4.69, 9.17) is 23.7 Å². The Balaban J connectivity index is 0.000000127. The zero-order valence-electron chi connectivity index (χ0n) is 75.1. The lowest BCUT2D eigenvalue weighted by Crippen LogP contribution is -2.43. The molecule has 4 saturated heterocycles. The molecule has 13 aromatic rings. The van der Waals surface area contributed by atoms with Gasteiger partial charge in [-0.25, -0.2) is 33.7 Å².